The van der Waals surface area contributed by atoms with Crippen molar-refractivity contribution in [3.63, 3.8) is 0 Å². The Balaban J connectivity index is 2.96. The first-order valence-corrected chi connectivity index (χ1v) is 5.01. The first-order valence-electron chi connectivity index (χ1n) is 5.01. The van der Waals surface area contributed by atoms with E-state index in [-0.39, 0.29) is 11.6 Å². The molecule has 0 aliphatic heterocycles. The third kappa shape index (κ3) is 2.59. The van der Waals surface area contributed by atoms with Gasteiger partial charge >= 0.3 is 0 Å². The van der Waals surface area contributed by atoms with Crippen LogP contribution in [0.5, 0.6) is 0 Å². The SMILES string of the molecule is C#CC(CC)Nc1nccn(CC)c1=O. The van der Waals surface area contributed by atoms with E-state index in [2.05, 4.69) is 16.2 Å². The molecule has 15 heavy (non-hydrogen) atoms. The second kappa shape index (κ2) is 5.20. The lowest BCUT2D eigenvalue weighted by Gasteiger charge is -2.11. The predicted molar refractivity (Wildman–Crippen MR) is 60.7 cm³/mol. The van der Waals surface area contributed by atoms with Crippen LogP contribution in [0.25, 0.3) is 0 Å². The van der Waals surface area contributed by atoms with Gasteiger partial charge in [0.2, 0.25) is 0 Å². The predicted octanol–water partition coefficient (Wildman–Crippen LogP) is 1.09. The van der Waals surface area contributed by atoms with Crippen molar-refractivity contribution in [2.24, 2.45) is 0 Å². The number of terminal acetylenes is 1. The normalized spacial score (nSPS) is 11.8. The molecule has 0 bridgehead atoms. The molecule has 0 saturated heterocycles. The molecule has 1 atom stereocenters. The largest absolute Gasteiger partial charge is 0.352 e. The van der Waals surface area contributed by atoms with Crippen LogP contribution in [0.1, 0.15) is 20.3 Å². The highest BCUT2D eigenvalue weighted by Gasteiger charge is 2.07. The molecule has 0 saturated carbocycles. The van der Waals surface area contributed by atoms with Gasteiger partial charge in [-0.2, -0.15) is 0 Å². The maximum atomic E-state index is 11.7. The molecule has 0 amide bonds. The van der Waals surface area contributed by atoms with Gasteiger partial charge in [0, 0.05) is 18.9 Å². The van der Waals surface area contributed by atoms with Crippen LogP contribution < -0.4 is 10.9 Å². The van der Waals surface area contributed by atoms with E-state index in [1.807, 2.05) is 13.8 Å². The highest BCUT2D eigenvalue weighted by molar-refractivity contribution is 5.35. The summed E-state index contributed by atoms with van der Waals surface area (Å²) >= 11 is 0. The minimum absolute atomic E-state index is 0.131. The minimum atomic E-state index is -0.141. The van der Waals surface area contributed by atoms with Gasteiger partial charge in [0.1, 0.15) is 0 Å². The highest BCUT2D eigenvalue weighted by atomic mass is 16.1. The van der Waals surface area contributed by atoms with Crippen molar-refractivity contribution in [1.29, 1.82) is 0 Å². The molecule has 1 N–H and O–H groups in total. The van der Waals surface area contributed by atoms with Crippen LogP contribution in [-0.4, -0.2) is 15.6 Å². The van der Waals surface area contributed by atoms with E-state index in [1.54, 1.807) is 17.0 Å². The lowest BCUT2D eigenvalue weighted by molar-refractivity contribution is 0.714. The molecule has 0 aliphatic rings. The second-order valence-corrected chi connectivity index (χ2v) is 3.14. The van der Waals surface area contributed by atoms with Crippen LogP contribution >= 0.6 is 0 Å². The Morgan fingerprint density at radius 3 is 2.93 bits per heavy atom. The van der Waals surface area contributed by atoms with E-state index in [1.165, 1.54) is 0 Å². The van der Waals surface area contributed by atoms with E-state index in [9.17, 15) is 4.79 Å². The standard InChI is InChI=1S/C11H15N3O/c1-4-9(5-2)13-10-11(15)14(6-3)8-7-12-10/h1,7-9H,5-6H2,2-3H3,(H,12,13). The monoisotopic (exact) mass is 205 g/mol. The summed E-state index contributed by atoms with van der Waals surface area (Å²) < 4.78 is 1.58. The fraction of sp³-hybridized carbons (Fsp3) is 0.455. The Labute approximate surface area is 89.3 Å². The summed E-state index contributed by atoms with van der Waals surface area (Å²) in [5.74, 6) is 2.89. The van der Waals surface area contributed by atoms with Crippen molar-refractivity contribution in [3.8, 4) is 12.3 Å². The molecule has 0 spiro atoms. The van der Waals surface area contributed by atoms with Gasteiger partial charge in [-0.05, 0) is 13.3 Å². The average molecular weight is 205 g/mol. The maximum Gasteiger partial charge on any atom is 0.293 e. The van der Waals surface area contributed by atoms with E-state index in [4.69, 9.17) is 6.42 Å². The average Bonchev–Trinajstić information content (AvgIpc) is 2.28. The van der Waals surface area contributed by atoms with Gasteiger partial charge in [-0.1, -0.05) is 12.8 Å². The van der Waals surface area contributed by atoms with Crippen molar-refractivity contribution >= 4 is 5.82 Å². The van der Waals surface area contributed by atoms with Crippen LogP contribution in [0.2, 0.25) is 0 Å². The van der Waals surface area contributed by atoms with Crippen LogP contribution in [-0.2, 0) is 6.54 Å². The molecule has 0 aromatic carbocycles. The van der Waals surface area contributed by atoms with Crippen molar-refractivity contribution in [1.82, 2.24) is 9.55 Å². The summed E-state index contributed by atoms with van der Waals surface area (Å²) in [5.41, 5.74) is -0.131. The number of anilines is 1. The van der Waals surface area contributed by atoms with Crippen LogP contribution in [0.3, 0.4) is 0 Å². The van der Waals surface area contributed by atoms with E-state index >= 15 is 0 Å². The molecule has 1 rings (SSSR count). The molecule has 1 unspecified atom stereocenters. The summed E-state index contributed by atoms with van der Waals surface area (Å²) in [6.07, 6.45) is 9.32. The van der Waals surface area contributed by atoms with Crippen LogP contribution in [0.15, 0.2) is 17.2 Å². The van der Waals surface area contributed by atoms with Gasteiger partial charge in [-0.25, -0.2) is 4.98 Å². The molecule has 80 valence electrons. The molecule has 1 heterocycles. The van der Waals surface area contributed by atoms with Gasteiger partial charge in [-0.3, -0.25) is 4.79 Å². The maximum absolute atomic E-state index is 11.7. The fourth-order valence-corrected chi connectivity index (χ4v) is 1.22. The summed E-state index contributed by atoms with van der Waals surface area (Å²) in [4.78, 5) is 15.7. The zero-order chi connectivity index (χ0) is 11.3. The lowest BCUT2D eigenvalue weighted by atomic mass is 10.2. The lowest BCUT2D eigenvalue weighted by Crippen LogP contribution is -2.27. The van der Waals surface area contributed by atoms with Crippen molar-refractivity contribution in [3.05, 3.63) is 22.7 Å². The van der Waals surface area contributed by atoms with Gasteiger partial charge in [-0.15, -0.1) is 6.42 Å². The Hall–Kier alpha value is -1.76. The van der Waals surface area contributed by atoms with Gasteiger partial charge < -0.3 is 9.88 Å². The molecule has 0 radical (unpaired) electrons. The van der Waals surface area contributed by atoms with Crippen molar-refractivity contribution < 1.29 is 0 Å². The van der Waals surface area contributed by atoms with E-state index in [0.717, 1.165) is 6.42 Å². The number of aryl methyl sites for hydroxylation is 1. The topological polar surface area (TPSA) is 46.9 Å². The van der Waals surface area contributed by atoms with Crippen molar-refractivity contribution in [2.45, 2.75) is 32.9 Å². The molecule has 1 aromatic rings. The highest BCUT2D eigenvalue weighted by Crippen LogP contribution is 1.99. The summed E-state index contributed by atoms with van der Waals surface area (Å²) in [6, 6.07) is -0.141. The molecule has 1 aromatic heterocycles. The molecular weight excluding hydrogens is 190 g/mol. The van der Waals surface area contributed by atoms with Crippen LogP contribution in [0, 0.1) is 12.3 Å². The number of rotatable bonds is 4. The Kier molecular flexibility index (Phi) is 3.92. The summed E-state index contributed by atoms with van der Waals surface area (Å²) in [6.45, 7) is 4.49. The fourth-order valence-electron chi connectivity index (χ4n) is 1.22. The zero-order valence-corrected chi connectivity index (χ0v) is 9.03. The quantitative estimate of drug-likeness (QED) is 0.748. The number of aromatic nitrogens is 2. The third-order valence-corrected chi connectivity index (χ3v) is 2.17. The molecule has 4 nitrogen and oxygen atoms in total. The smallest absolute Gasteiger partial charge is 0.293 e. The number of hydrogen-bond donors (Lipinski definition) is 1. The van der Waals surface area contributed by atoms with Crippen LogP contribution in [0.4, 0.5) is 5.82 Å². The Bertz CT molecular complexity index is 417. The number of hydrogen-bond acceptors (Lipinski definition) is 3. The molecular formula is C11H15N3O. The summed E-state index contributed by atoms with van der Waals surface area (Å²) in [7, 11) is 0. The first-order chi connectivity index (χ1) is 7.22. The number of nitrogens with one attached hydrogen (secondary N) is 1. The van der Waals surface area contributed by atoms with E-state index < -0.39 is 0 Å². The third-order valence-electron chi connectivity index (χ3n) is 2.17. The zero-order valence-electron chi connectivity index (χ0n) is 9.03. The molecule has 4 heteroatoms. The Morgan fingerprint density at radius 2 is 2.40 bits per heavy atom. The number of nitrogens with zero attached hydrogens (tertiary/aromatic N) is 2. The molecule has 0 aliphatic carbocycles. The summed E-state index contributed by atoms with van der Waals surface area (Å²) in [5, 5.41) is 2.94. The van der Waals surface area contributed by atoms with Gasteiger partial charge in [0.05, 0.1) is 6.04 Å². The second-order valence-electron chi connectivity index (χ2n) is 3.14. The van der Waals surface area contributed by atoms with E-state index in [0.29, 0.717) is 12.4 Å². The Morgan fingerprint density at radius 1 is 1.67 bits per heavy atom. The van der Waals surface area contributed by atoms with Gasteiger partial charge in [0.25, 0.3) is 5.56 Å². The van der Waals surface area contributed by atoms with Crippen molar-refractivity contribution in [2.75, 3.05) is 5.32 Å². The van der Waals surface area contributed by atoms with Gasteiger partial charge in [0.15, 0.2) is 5.82 Å². The molecule has 0 fully saturated rings. The first kappa shape index (κ1) is 11.3. The minimum Gasteiger partial charge on any atom is -0.352 e.